The summed E-state index contributed by atoms with van der Waals surface area (Å²) in [6, 6.07) is 21.7. The van der Waals surface area contributed by atoms with Crippen LogP contribution in [0.2, 0.25) is 5.02 Å². The van der Waals surface area contributed by atoms with Gasteiger partial charge in [-0.3, -0.25) is 4.79 Å². The molecule has 0 unspecified atom stereocenters. The standard InChI is InChI=1S/C26H22ClN5OS2/c1-16-3-12-21-22(13-16)35-25(29-21)18-6-10-20(11-7-18)28-24(33)15-34-26-31-30-23(32(26)2)14-17-4-8-19(27)9-5-17/h3-13H,14-15H2,1-2H3,(H,28,33). The van der Waals surface area contributed by atoms with Crippen LogP contribution in [-0.2, 0) is 18.3 Å². The minimum Gasteiger partial charge on any atom is -0.325 e. The summed E-state index contributed by atoms with van der Waals surface area (Å²) in [5.74, 6) is 0.975. The number of amides is 1. The quantitative estimate of drug-likeness (QED) is 0.253. The molecule has 9 heteroatoms. The number of anilines is 1. The van der Waals surface area contributed by atoms with Crippen LogP contribution in [0.4, 0.5) is 5.69 Å². The van der Waals surface area contributed by atoms with Crippen LogP contribution >= 0.6 is 34.7 Å². The number of nitrogens with one attached hydrogen (secondary N) is 1. The first kappa shape index (κ1) is 23.5. The molecule has 0 aliphatic heterocycles. The Morgan fingerprint density at radius 1 is 1.06 bits per heavy atom. The molecular formula is C26H22ClN5OS2. The first-order valence-corrected chi connectivity index (χ1v) is 13.2. The second-order valence-electron chi connectivity index (χ2n) is 8.17. The highest BCUT2D eigenvalue weighted by molar-refractivity contribution is 7.99. The molecular weight excluding hydrogens is 498 g/mol. The summed E-state index contributed by atoms with van der Waals surface area (Å²) < 4.78 is 3.09. The largest absolute Gasteiger partial charge is 0.325 e. The number of halogens is 1. The lowest BCUT2D eigenvalue weighted by molar-refractivity contribution is -0.113. The summed E-state index contributed by atoms with van der Waals surface area (Å²) in [5, 5.41) is 13.8. The number of fused-ring (bicyclic) bond motifs is 1. The molecule has 0 aliphatic rings. The second kappa shape index (κ2) is 10.2. The van der Waals surface area contributed by atoms with E-state index in [1.165, 1.54) is 22.0 Å². The van der Waals surface area contributed by atoms with E-state index in [1.807, 2.05) is 60.1 Å². The summed E-state index contributed by atoms with van der Waals surface area (Å²) >= 11 is 8.99. The molecule has 0 bridgehead atoms. The zero-order valence-corrected chi connectivity index (χ0v) is 21.5. The van der Waals surface area contributed by atoms with Gasteiger partial charge in [-0.05, 0) is 66.6 Å². The third-order valence-electron chi connectivity index (χ3n) is 5.49. The van der Waals surface area contributed by atoms with Gasteiger partial charge in [0.2, 0.25) is 5.91 Å². The highest BCUT2D eigenvalue weighted by Crippen LogP contribution is 2.31. The highest BCUT2D eigenvalue weighted by Gasteiger charge is 2.13. The van der Waals surface area contributed by atoms with E-state index in [1.54, 1.807) is 11.3 Å². The molecule has 2 aromatic heterocycles. The minimum absolute atomic E-state index is 0.0968. The SMILES string of the molecule is Cc1ccc2nc(-c3ccc(NC(=O)CSc4nnc(Cc5ccc(Cl)cc5)n4C)cc3)sc2c1. The molecule has 6 nitrogen and oxygen atoms in total. The number of aromatic nitrogens is 4. The van der Waals surface area contributed by atoms with Crippen LogP contribution in [0.3, 0.4) is 0 Å². The third-order valence-corrected chi connectivity index (χ3v) is 7.83. The summed E-state index contributed by atoms with van der Waals surface area (Å²) in [6.07, 6.45) is 0.647. The average Bonchev–Trinajstić information content (AvgIpc) is 3.42. The Morgan fingerprint density at radius 3 is 2.60 bits per heavy atom. The Hall–Kier alpha value is -3.20. The lowest BCUT2D eigenvalue weighted by atomic mass is 10.1. The van der Waals surface area contributed by atoms with E-state index in [0.717, 1.165) is 33.2 Å². The van der Waals surface area contributed by atoms with Crippen LogP contribution in [0.1, 0.15) is 17.0 Å². The fourth-order valence-electron chi connectivity index (χ4n) is 3.59. The topological polar surface area (TPSA) is 72.7 Å². The normalized spacial score (nSPS) is 11.2. The third kappa shape index (κ3) is 5.56. The van der Waals surface area contributed by atoms with E-state index in [2.05, 4.69) is 40.6 Å². The zero-order valence-electron chi connectivity index (χ0n) is 19.2. The van der Waals surface area contributed by atoms with Gasteiger partial charge in [0.05, 0.1) is 16.0 Å². The van der Waals surface area contributed by atoms with Gasteiger partial charge in [0.15, 0.2) is 5.16 Å². The van der Waals surface area contributed by atoms with Crippen LogP contribution in [0, 0.1) is 6.92 Å². The number of carbonyl (C=O) groups is 1. The maximum atomic E-state index is 12.5. The molecule has 176 valence electrons. The smallest absolute Gasteiger partial charge is 0.234 e. The maximum Gasteiger partial charge on any atom is 0.234 e. The molecule has 5 rings (SSSR count). The van der Waals surface area contributed by atoms with E-state index in [4.69, 9.17) is 16.6 Å². The fraction of sp³-hybridized carbons (Fsp3) is 0.154. The molecule has 0 atom stereocenters. The molecule has 35 heavy (non-hydrogen) atoms. The van der Waals surface area contributed by atoms with Crippen molar-refractivity contribution in [1.29, 1.82) is 0 Å². The van der Waals surface area contributed by atoms with Gasteiger partial charge in [-0.15, -0.1) is 21.5 Å². The van der Waals surface area contributed by atoms with Crippen molar-refractivity contribution in [3.8, 4) is 10.6 Å². The molecule has 0 spiro atoms. The Morgan fingerprint density at radius 2 is 1.83 bits per heavy atom. The van der Waals surface area contributed by atoms with Crippen LogP contribution in [0.25, 0.3) is 20.8 Å². The Bertz CT molecular complexity index is 1490. The fourth-order valence-corrected chi connectivity index (χ4v) is 5.51. The number of hydrogen-bond acceptors (Lipinski definition) is 6. The maximum absolute atomic E-state index is 12.5. The van der Waals surface area contributed by atoms with Gasteiger partial charge < -0.3 is 9.88 Å². The number of benzene rings is 3. The number of thioether (sulfide) groups is 1. The minimum atomic E-state index is -0.0968. The summed E-state index contributed by atoms with van der Waals surface area (Å²) in [4.78, 5) is 17.2. The van der Waals surface area contributed by atoms with Crippen LogP contribution in [-0.4, -0.2) is 31.4 Å². The van der Waals surface area contributed by atoms with E-state index < -0.39 is 0 Å². The zero-order chi connectivity index (χ0) is 24.4. The first-order valence-electron chi connectivity index (χ1n) is 11.0. The summed E-state index contributed by atoms with van der Waals surface area (Å²) in [5.41, 5.74) is 5.11. The number of carbonyl (C=O) groups excluding carboxylic acids is 1. The number of hydrogen-bond donors (Lipinski definition) is 1. The Balaban J connectivity index is 1.17. The molecule has 5 aromatic rings. The van der Waals surface area contributed by atoms with Crippen molar-refractivity contribution >= 4 is 56.5 Å². The predicted molar refractivity (Wildman–Crippen MR) is 144 cm³/mol. The monoisotopic (exact) mass is 519 g/mol. The van der Waals surface area contributed by atoms with Crippen molar-refractivity contribution < 1.29 is 4.79 Å². The van der Waals surface area contributed by atoms with Gasteiger partial charge in [-0.25, -0.2) is 4.98 Å². The van der Waals surface area contributed by atoms with E-state index in [-0.39, 0.29) is 11.7 Å². The number of nitrogens with zero attached hydrogens (tertiary/aromatic N) is 4. The molecule has 0 saturated heterocycles. The predicted octanol–water partition coefficient (Wildman–Crippen LogP) is 6.38. The van der Waals surface area contributed by atoms with Crippen LogP contribution < -0.4 is 5.32 Å². The molecule has 0 radical (unpaired) electrons. The van der Waals surface area contributed by atoms with E-state index >= 15 is 0 Å². The lowest BCUT2D eigenvalue weighted by Crippen LogP contribution is -2.14. The van der Waals surface area contributed by atoms with Gasteiger partial charge >= 0.3 is 0 Å². The number of rotatable bonds is 7. The highest BCUT2D eigenvalue weighted by atomic mass is 35.5. The summed E-state index contributed by atoms with van der Waals surface area (Å²) in [7, 11) is 1.91. The van der Waals surface area contributed by atoms with Crippen molar-refractivity contribution in [2.24, 2.45) is 7.05 Å². The molecule has 3 aromatic carbocycles. The van der Waals surface area contributed by atoms with Crippen molar-refractivity contribution in [2.75, 3.05) is 11.1 Å². The average molecular weight is 520 g/mol. The van der Waals surface area contributed by atoms with Gasteiger partial charge in [0.25, 0.3) is 0 Å². The molecule has 1 N–H and O–H groups in total. The first-order chi connectivity index (χ1) is 16.9. The van der Waals surface area contributed by atoms with Crippen molar-refractivity contribution in [1.82, 2.24) is 19.7 Å². The van der Waals surface area contributed by atoms with Crippen molar-refractivity contribution in [3.05, 3.63) is 88.7 Å². The van der Waals surface area contributed by atoms with Crippen LogP contribution in [0.5, 0.6) is 0 Å². The van der Waals surface area contributed by atoms with Gasteiger partial charge in [-0.1, -0.05) is 41.6 Å². The van der Waals surface area contributed by atoms with Crippen LogP contribution in [0.15, 0.2) is 71.9 Å². The second-order valence-corrected chi connectivity index (χ2v) is 10.6. The van der Waals surface area contributed by atoms with E-state index in [0.29, 0.717) is 16.6 Å². The molecule has 2 heterocycles. The number of thiazole rings is 1. The lowest BCUT2D eigenvalue weighted by Gasteiger charge is -2.06. The van der Waals surface area contributed by atoms with Crippen molar-refractivity contribution in [3.63, 3.8) is 0 Å². The number of aryl methyl sites for hydroxylation is 1. The Kier molecular flexibility index (Phi) is 6.86. The van der Waals surface area contributed by atoms with Crippen molar-refractivity contribution in [2.45, 2.75) is 18.5 Å². The van der Waals surface area contributed by atoms with Gasteiger partial charge in [-0.2, -0.15) is 0 Å². The molecule has 0 aliphatic carbocycles. The summed E-state index contributed by atoms with van der Waals surface area (Å²) in [6.45, 7) is 2.08. The van der Waals surface area contributed by atoms with Gasteiger partial charge in [0.1, 0.15) is 10.8 Å². The molecule has 1 amide bonds. The van der Waals surface area contributed by atoms with E-state index in [9.17, 15) is 4.79 Å². The Labute approximate surface area is 216 Å². The molecule has 0 saturated carbocycles. The molecule has 0 fully saturated rings. The van der Waals surface area contributed by atoms with Gasteiger partial charge in [0, 0.05) is 29.7 Å².